The molecule has 0 N–H and O–H groups in total. The van der Waals surface area contributed by atoms with Crippen molar-refractivity contribution in [2.75, 3.05) is 4.43 Å². The van der Waals surface area contributed by atoms with Crippen molar-refractivity contribution in [2.45, 2.75) is 61.3 Å². The van der Waals surface area contributed by atoms with Gasteiger partial charge in [-0.05, 0) is 76.3 Å². The summed E-state index contributed by atoms with van der Waals surface area (Å²) in [6, 6.07) is 7.72. The van der Waals surface area contributed by atoms with Crippen molar-refractivity contribution in [2.24, 2.45) is 15.9 Å². The smallest absolute Gasteiger partial charge is 0.137 e. The third kappa shape index (κ3) is 9.13. The second kappa shape index (κ2) is 14.6. The second-order valence-corrected chi connectivity index (χ2v) is 8.78. The van der Waals surface area contributed by atoms with Gasteiger partial charge in [0.2, 0.25) is 0 Å². The van der Waals surface area contributed by atoms with Crippen LogP contribution < -0.4 is 4.74 Å². The lowest BCUT2D eigenvalue weighted by atomic mass is 9.94. The molecule has 0 aliphatic rings. The topological polar surface area (TPSA) is 57.7 Å². The van der Waals surface area contributed by atoms with Gasteiger partial charge in [-0.2, -0.15) is 5.26 Å². The minimum Gasteiger partial charge on any atom is -0.461 e. The highest BCUT2D eigenvalue weighted by molar-refractivity contribution is 14.1. The van der Waals surface area contributed by atoms with Gasteiger partial charge >= 0.3 is 0 Å². The molecule has 4 nitrogen and oxygen atoms in total. The van der Waals surface area contributed by atoms with Gasteiger partial charge in [0.05, 0.1) is 17.3 Å². The van der Waals surface area contributed by atoms with Crippen molar-refractivity contribution in [3.05, 3.63) is 76.9 Å². The summed E-state index contributed by atoms with van der Waals surface area (Å²) in [7, 11) is 0. The minimum atomic E-state index is 0.217. The van der Waals surface area contributed by atoms with E-state index in [4.69, 9.17) is 9.73 Å². The molecule has 0 saturated carbocycles. The summed E-state index contributed by atoms with van der Waals surface area (Å²) in [6.45, 7) is 18.3. The fourth-order valence-corrected chi connectivity index (χ4v) is 3.49. The van der Waals surface area contributed by atoms with E-state index < -0.39 is 0 Å². The lowest BCUT2D eigenvalue weighted by Crippen LogP contribution is -2.14. The number of ether oxygens (including phenoxy) is 1. The first-order chi connectivity index (χ1) is 15.7. The summed E-state index contributed by atoms with van der Waals surface area (Å²) in [6.07, 6.45) is 7.52. The number of alkyl halides is 1. The van der Waals surface area contributed by atoms with Crippen molar-refractivity contribution in [3.63, 3.8) is 0 Å². The van der Waals surface area contributed by atoms with Gasteiger partial charge < -0.3 is 4.74 Å². The maximum atomic E-state index is 9.44. The van der Waals surface area contributed by atoms with E-state index in [1.807, 2.05) is 51.3 Å². The van der Waals surface area contributed by atoms with E-state index in [0.717, 1.165) is 45.5 Å². The molecule has 0 aliphatic heterocycles. The van der Waals surface area contributed by atoms with Crippen LogP contribution in [0.4, 0.5) is 0 Å². The highest BCUT2D eigenvalue weighted by Crippen LogP contribution is 2.27. The molecule has 33 heavy (non-hydrogen) atoms. The molecular formula is C28H36IN3O. The molecule has 0 bridgehead atoms. The normalized spacial score (nSPS) is 15.0. The summed E-state index contributed by atoms with van der Waals surface area (Å²) in [5, 5.41) is 9.44. The van der Waals surface area contributed by atoms with Crippen LogP contribution in [0.15, 0.2) is 75.7 Å². The molecule has 1 unspecified atom stereocenters. The van der Waals surface area contributed by atoms with E-state index in [2.05, 4.69) is 67.9 Å². The van der Waals surface area contributed by atoms with E-state index in [-0.39, 0.29) is 5.92 Å². The molecule has 1 rings (SSSR count). The van der Waals surface area contributed by atoms with Gasteiger partial charge in [0.15, 0.2) is 0 Å². The molecule has 0 aliphatic carbocycles. The molecule has 0 amide bonds. The summed E-state index contributed by atoms with van der Waals surface area (Å²) in [5.41, 5.74) is 6.57. The number of benzene rings is 1. The average Bonchev–Trinajstić information content (AvgIpc) is 2.80. The predicted molar refractivity (Wildman–Crippen MR) is 150 cm³/mol. The summed E-state index contributed by atoms with van der Waals surface area (Å²) >= 11 is 2.30. The molecule has 0 spiro atoms. The Morgan fingerprint density at radius 1 is 1.24 bits per heavy atom. The Bertz CT molecular complexity index is 1040. The number of aliphatic imine (C=N–C) groups is 2. The van der Waals surface area contributed by atoms with Crippen LogP contribution in [0.5, 0.6) is 5.75 Å². The number of rotatable bonds is 11. The van der Waals surface area contributed by atoms with Crippen molar-refractivity contribution in [1.82, 2.24) is 0 Å². The first kappa shape index (κ1) is 28.6. The zero-order chi connectivity index (χ0) is 25.0. The SMILES string of the molecule is C=C/C(=C\N=C(\c1ccc(C#N)cc1O/C(C)=C/C(C)=N\C(C)=C(/C)CC)C(C)CC)CI. The van der Waals surface area contributed by atoms with Gasteiger partial charge in [0.1, 0.15) is 11.5 Å². The van der Waals surface area contributed by atoms with Crippen molar-refractivity contribution >= 4 is 34.0 Å². The molecule has 0 radical (unpaired) electrons. The van der Waals surface area contributed by atoms with Crippen molar-refractivity contribution in [3.8, 4) is 11.8 Å². The zero-order valence-electron chi connectivity index (χ0n) is 21.0. The quantitative estimate of drug-likeness (QED) is 0.0903. The van der Waals surface area contributed by atoms with Gasteiger partial charge in [0, 0.05) is 27.6 Å². The number of allylic oxidation sites excluding steroid dienone is 6. The standard InChI is InChI=1S/C28H36IN3O/c1-9-19(4)23(8)32-21(6)14-22(7)33-27-15-25(17-30)12-13-26(27)28(20(5)10-2)31-18-24(11-3)16-29/h11-15,18,20H,3,9-10,16H2,1-2,4-8H3/b22-14+,23-19+,24-18+,31-28+,32-21-. The summed E-state index contributed by atoms with van der Waals surface area (Å²) < 4.78 is 7.09. The van der Waals surface area contributed by atoms with Crippen molar-refractivity contribution in [1.29, 1.82) is 5.26 Å². The molecule has 0 saturated heterocycles. The van der Waals surface area contributed by atoms with Crippen LogP contribution >= 0.6 is 22.6 Å². The van der Waals surface area contributed by atoms with E-state index >= 15 is 0 Å². The fourth-order valence-electron chi connectivity index (χ4n) is 2.98. The summed E-state index contributed by atoms with van der Waals surface area (Å²) in [5.74, 6) is 1.54. The van der Waals surface area contributed by atoms with Crippen molar-refractivity contribution < 1.29 is 4.74 Å². The van der Waals surface area contributed by atoms with E-state index in [9.17, 15) is 5.26 Å². The average molecular weight is 558 g/mol. The Hall–Kier alpha value is -2.46. The highest BCUT2D eigenvalue weighted by atomic mass is 127. The number of nitrogens with zero attached hydrogens (tertiary/aromatic N) is 3. The Kier molecular flexibility index (Phi) is 12.7. The van der Waals surface area contributed by atoms with Crippen LogP contribution in [0.1, 0.15) is 72.4 Å². The van der Waals surface area contributed by atoms with Crippen LogP contribution in [0, 0.1) is 17.2 Å². The number of halogens is 1. The maximum absolute atomic E-state index is 9.44. The third-order valence-corrected chi connectivity index (χ3v) is 6.31. The fraction of sp³-hybridized carbons (Fsp3) is 0.393. The highest BCUT2D eigenvalue weighted by Gasteiger charge is 2.17. The number of hydrogen-bond donors (Lipinski definition) is 0. The molecule has 0 heterocycles. The Morgan fingerprint density at radius 2 is 1.94 bits per heavy atom. The Labute approximate surface area is 213 Å². The van der Waals surface area contributed by atoms with E-state index in [1.54, 1.807) is 6.07 Å². The minimum absolute atomic E-state index is 0.217. The first-order valence-corrected chi connectivity index (χ1v) is 12.8. The zero-order valence-corrected chi connectivity index (χ0v) is 23.2. The molecule has 0 aromatic heterocycles. The van der Waals surface area contributed by atoms with Crippen LogP contribution in [0.2, 0.25) is 0 Å². The molecule has 5 heteroatoms. The van der Waals surface area contributed by atoms with Crippen LogP contribution in [0.25, 0.3) is 0 Å². The lowest BCUT2D eigenvalue weighted by Gasteiger charge is -2.17. The van der Waals surface area contributed by atoms with Crippen LogP contribution in [0.3, 0.4) is 0 Å². The molecule has 1 aromatic carbocycles. The number of nitriles is 1. The predicted octanol–water partition coefficient (Wildman–Crippen LogP) is 8.35. The largest absolute Gasteiger partial charge is 0.461 e. The molecule has 176 valence electrons. The Balaban J connectivity index is 3.52. The molecule has 1 atom stereocenters. The van der Waals surface area contributed by atoms with Gasteiger partial charge in [-0.15, -0.1) is 0 Å². The van der Waals surface area contributed by atoms with Gasteiger partial charge in [0.25, 0.3) is 0 Å². The maximum Gasteiger partial charge on any atom is 0.137 e. The Morgan fingerprint density at radius 3 is 2.48 bits per heavy atom. The van der Waals surface area contributed by atoms with E-state index in [1.165, 1.54) is 5.57 Å². The summed E-state index contributed by atoms with van der Waals surface area (Å²) in [4.78, 5) is 9.50. The van der Waals surface area contributed by atoms with Gasteiger partial charge in [-0.25, -0.2) is 0 Å². The molecule has 1 aromatic rings. The molecular weight excluding hydrogens is 521 g/mol. The monoisotopic (exact) mass is 557 g/mol. The third-order valence-electron chi connectivity index (χ3n) is 5.43. The number of hydrogen-bond acceptors (Lipinski definition) is 4. The first-order valence-electron chi connectivity index (χ1n) is 11.3. The van der Waals surface area contributed by atoms with Gasteiger partial charge in [-0.1, -0.05) is 61.6 Å². The molecule has 0 fully saturated rings. The van der Waals surface area contributed by atoms with Gasteiger partial charge in [-0.3, -0.25) is 9.98 Å². The van der Waals surface area contributed by atoms with E-state index in [0.29, 0.717) is 17.1 Å². The second-order valence-electron chi connectivity index (χ2n) is 8.02. The van der Waals surface area contributed by atoms with Crippen LogP contribution in [-0.2, 0) is 0 Å². The lowest BCUT2D eigenvalue weighted by molar-refractivity contribution is 0.427. The van der Waals surface area contributed by atoms with Crippen LogP contribution in [-0.4, -0.2) is 15.9 Å².